The van der Waals surface area contributed by atoms with E-state index in [1.54, 1.807) is 34.0 Å². The summed E-state index contributed by atoms with van der Waals surface area (Å²) in [6.45, 7) is 3.34. The number of carbonyl (C=O) groups is 2. The Kier molecular flexibility index (Phi) is 4.90. The number of aromatic nitrogens is 3. The molecule has 2 aromatic rings. The highest BCUT2D eigenvalue weighted by Crippen LogP contribution is 2.24. The van der Waals surface area contributed by atoms with Gasteiger partial charge in [0.25, 0.3) is 17.4 Å². The predicted octanol–water partition coefficient (Wildman–Crippen LogP) is 1.40. The number of hydrogen-bond donors (Lipinski definition) is 1. The van der Waals surface area contributed by atoms with Crippen molar-refractivity contribution in [3.63, 3.8) is 0 Å². The summed E-state index contributed by atoms with van der Waals surface area (Å²) < 4.78 is 1.21. The summed E-state index contributed by atoms with van der Waals surface area (Å²) >= 11 is 1.12. The van der Waals surface area contributed by atoms with Crippen LogP contribution in [0.25, 0.3) is 0 Å². The second-order valence-electron chi connectivity index (χ2n) is 6.55. The molecule has 8 nitrogen and oxygen atoms in total. The summed E-state index contributed by atoms with van der Waals surface area (Å²) in [6.07, 6.45) is 2.67. The van der Waals surface area contributed by atoms with E-state index in [1.807, 2.05) is 0 Å². The molecule has 0 fully saturated rings. The predicted molar refractivity (Wildman–Crippen MR) is 98.7 cm³/mol. The molecule has 2 heterocycles. The van der Waals surface area contributed by atoms with Gasteiger partial charge in [-0.2, -0.15) is 5.10 Å². The number of amides is 2. The smallest absolute Gasteiger partial charge is 0.267 e. The van der Waals surface area contributed by atoms with Crippen molar-refractivity contribution in [1.82, 2.24) is 19.7 Å². The first kappa shape index (κ1) is 18.2. The zero-order valence-electron chi connectivity index (χ0n) is 15.2. The summed E-state index contributed by atoms with van der Waals surface area (Å²) in [5.74, 6) is -0.555. The van der Waals surface area contributed by atoms with Crippen molar-refractivity contribution in [3.8, 4) is 0 Å². The number of hydrogen-bond acceptors (Lipinski definition) is 6. The van der Waals surface area contributed by atoms with Crippen LogP contribution in [-0.2, 0) is 17.6 Å². The Morgan fingerprint density at radius 1 is 1.35 bits per heavy atom. The number of thiazole rings is 1. The second-order valence-corrected chi connectivity index (χ2v) is 7.55. The molecular weight excluding hydrogens is 354 g/mol. The van der Waals surface area contributed by atoms with Crippen molar-refractivity contribution in [2.24, 2.45) is 0 Å². The molecule has 2 aromatic heterocycles. The molecule has 0 unspecified atom stereocenters. The van der Waals surface area contributed by atoms with E-state index >= 15 is 0 Å². The Hall–Kier alpha value is -2.55. The van der Waals surface area contributed by atoms with E-state index in [4.69, 9.17) is 0 Å². The van der Waals surface area contributed by atoms with E-state index in [2.05, 4.69) is 15.4 Å². The SMILES string of the molecule is Cc1nc(NC(=O)[C@@H](C)n2nc3c(cc2=O)CCC3)sc1C(=O)N(C)C. The van der Waals surface area contributed by atoms with Gasteiger partial charge in [0.2, 0.25) is 0 Å². The number of nitrogens with zero attached hydrogens (tertiary/aromatic N) is 4. The molecule has 0 aliphatic heterocycles. The van der Waals surface area contributed by atoms with Crippen LogP contribution < -0.4 is 10.9 Å². The van der Waals surface area contributed by atoms with Crippen molar-refractivity contribution < 1.29 is 9.59 Å². The summed E-state index contributed by atoms with van der Waals surface area (Å²) in [6, 6.07) is 0.797. The van der Waals surface area contributed by atoms with Gasteiger partial charge in [-0.15, -0.1) is 0 Å². The summed E-state index contributed by atoms with van der Waals surface area (Å²) in [5, 5.41) is 7.38. The molecule has 26 heavy (non-hydrogen) atoms. The molecule has 3 rings (SSSR count). The minimum atomic E-state index is -0.773. The minimum absolute atomic E-state index is 0.162. The van der Waals surface area contributed by atoms with Gasteiger partial charge in [-0.3, -0.25) is 14.4 Å². The largest absolute Gasteiger partial charge is 0.344 e. The number of carbonyl (C=O) groups excluding carboxylic acids is 2. The van der Waals surface area contributed by atoms with Gasteiger partial charge in [-0.1, -0.05) is 11.3 Å². The molecule has 138 valence electrons. The monoisotopic (exact) mass is 375 g/mol. The molecule has 0 spiro atoms. The van der Waals surface area contributed by atoms with Crippen LogP contribution in [0.3, 0.4) is 0 Å². The first-order valence-electron chi connectivity index (χ1n) is 8.39. The quantitative estimate of drug-likeness (QED) is 0.871. The molecule has 1 N–H and O–H groups in total. The highest BCUT2D eigenvalue weighted by Gasteiger charge is 2.23. The van der Waals surface area contributed by atoms with Crippen molar-refractivity contribution >= 4 is 28.3 Å². The van der Waals surface area contributed by atoms with Gasteiger partial charge in [0.15, 0.2) is 5.13 Å². The minimum Gasteiger partial charge on any atom is -0.344 e. The Morgan fingerprint density at radius 2 is 2.08 bits per heavy atom. The Balaban J connectivity index is 1.79. The average Bonchev–Trinajstić information content (AvgIpc) is 3.18. The summed E-state index contributed by atoms with van der Waals surface area (Å²) in [5.41, 5.74) is 2.13. The van der Waals surface area contributed by atoms with Crippen LogP contribution in [0.15, 0.2) is 10.9 Å². The lowest BCUT2D eigenvalue weighted by atomic mass is 10.2. The number of fused-ring (bicyclic) bond motifs is 1. The fourth-order valence-electron chi connectivity index (χ4n) is 2.87. The summed E-state index contributed by atoms with van der Waals surface area (Å²) in [7, 11) is 3.32. The molecule has 1 atom stereocenters. The maximum absolute atomic E-state index is 12.6. The number of rotatable bonds is 4. The van der Waals surface area contributed by atoms with E-state index in [0.717, 1.165) is 41.9 Å². The van der Waals surface area contributed by atoms with Crippen LogP contribution in [-0.4, -0.2) is 45.6 Å². The van der Waals surface area contributed by atoms with E-state index in [9.17, 15) is 14.4 Å². The van der Waals surface area contributed by atoms with E-state index in [0.29, 0.717) is 15.7 Å². The van der Waals surface area contributed by atoms with Gasteiger partial charge in [0.1, 0.15) is 10.9 Å². The van der Waals surface area contributed by atoms with Gasteiger partial charge >= 0.3 is 0 Å². The lowest BCUT2D eigenvalue weighted by Crippen LogP contribution is -2.33. The molecule has 0 saturated carbocycles. The van der Waals surface area contributed by atoms with Gasteiger partial charge in [0.05, 0.1) is 11.4 Å². The van der Waals surface area contributed by atoms with Crippen molar-refractivity contribution in [2.75, 3.05) is 19.4 Å². The molecule has 0 bridgehead atoms. The number of aryl methyl sites for hydroxylation is 3. The van der Waals surface area contributed by atoms with Gasteiger partial charge in [-0.05, 0) is 38.7 Å². The molecule has 0 aromatic carbocycles. The van der Waals surface area contributed by atoms with Gasteiger partial charge in [-0.25, -0.2) is 9.67 Å². The first-order chi connectivity index (χ1) is 12.3. The van der Waals surface area contributed by atoms with Crippen molar-refractivity contribution in [1.29, 1.82) is 0 Å². The third-order valence-corrected chi connectivity index (χ3v) is 5.42. The van der Waals surface area contributed by atoms with Crippen LogP contribution in [0.2, 0.25) is 0 Å². The topological polar surface area (TPSA) is 97.2 Å². The fraction of sp³-hybridized carbons (Fsp3) is 0.471. The molecule has 1 aliphatic rings. The molecule has 2 amide bonds. The van der Waals surface area contributed by atoms with Gasteiger partial charge in [0, 0.05) is 20.2 Å². The highest BCUT2D eigenvalue weighted by molar-refractivity contribution is 7.17. The van der Waals surface area contributed by atoms with Crippen LogP contribution in [0.1, 0.15) is 46.0 Å². The molecular formula is C17H21N5O3S. The van der Waals surface area contributed by atoms with E-state index < -0.39 is 11.9 Å². The highest BCUT2D eigenvalue weighted by atomic mass is 32.1. The molecule has 9 heteroatoms. The average molecular weight is 375 g/mol. The number of nitrogens with one attached hydrogen (secondary N) is 1. The third kappa shape index (κ3) is 3.39. The Morgan fingerprint density at radius 3 is 2.77 bits per heavy atom. The zero-order valence-corrected chi connectivity index (χ0v) is 16.0. The van der Waals surface area contributed by atoms with E-state index in [1.165, 1.54) is 9.58 Å². The standard InChI is InChI=1S/C17H21N5O3S/c1-9-14(16(25)21(3)4)26-17(18-9)19-15(24)10(2)22-13(23)8-11-6-5-7-12(11)20-22/h8,10H,5-7H2,1-4H3,(H,18,19,24)/t10-/m1/s1. The van der Waals surface area contributed by atoms with Crippen LogP contribution in [0.5, 0.6) is 0 Å². The van der Waals surface area contributed by atoms with Crippen LogP contribution in [0, 0.1) is 6.92 Å². The second kappa shape index (κ2) is 6.99. The van der Waals surface area contributed by atoms with Crippen molar-refractivity contribution in [2.45, 2.75) is 39.2 Å². The zero-order chi connectivity index (χ0) is 19.0. The molecule has 0 radical (unpaired) electrons. The lowest BCUT2D eigenvalue weighted by molar-refractivity contribution is -0.119. The van der Waals surface area contributed by atoms with Crippen LogP contribution in [0.4, 0.5) is 5.13 Å². The Bertz CT molecular complexity index is 931. The van der Waals surface area contributed by atoms with Gasteiger partial charge < -0.3 is 10.2 Å². The van der Waals surface area contributed by atoms with Crippen molar-refractivity contribution in [3.05, 3.63) is 38.2 Å². The lowest BCUT2D eigenvalue weighted by Gasteiger charge is -2.14. The molecule has 0 saturated heterocycles. The van der Waals surface area contributed by atoms with Crippen LogP contribution >= 0.6 is 11.3 Å². The maximum Gasteiger partial charge on any atom is 0.267 e. The first-order valence-corrected chi connectivity index (χ1v) is 9.21. The number of anilines is 1. The Labute approximate surface area is 154 Å². The molecule has 1 aliphatic carbocycles. The fourth-order valence-corrected chi connectivity index (χ4v) is 3.86. The normalized spacial score (nSPS) is 14.0. The third-order valence-electron chi connectivity index (χ3n) is 4.36. The van der Waals surface area contributed by atoms with E-state index in [-0.39, 0.29) is 11.5 Å². The maximum atomic E-state index is 12.6. The summed E-state index contributed by atoms with van der Waals surface area (Å²) in [4.78, 5) is 43.1.